The van der Waals surface area contributed by atoms with Crippen molar-refractivity contribution in [3.8, 4) is 0 Å². The predicted octanol–water partition coefficient (Wildman–Crippen LogP) is 3.02. The molecule has 1 aliphatic heterocycles. The Kier molecular flexibility index (Phi) is 6.90. The molecule has 1 unspecified atom stereocenters. The molecule has 1 fully saturated rings. The molecule has 1 N–H and O–H groups in total. The van der Waals surface area contributed by atoms with Crippen LogP contribution in [0.15, 0.2) is 54.6 Å². The fraction of sp³-hybridized carbons (Fsp3) is 0.364. The molecule has 3 atom stereocenters. The van der Waals surface area contributed by atoms with Gasteiger partial charge in [0.2, 0.25) is 5.91 Å². The van der Waals surface area contributed by atoms with Crippen LogP contribution >= 0.6 is 0 Å². The van der Waals surface area contributed by atoms with Crippen LogP contribution in [0, 0.1) is 5.82 Å². The van der Waals surface area contributed by atoms with Crippen LogP contribution in [0.2, 0.25) is 0 Å². The van der Waals surface area contributed by atoms with Gasteiger partial charge in [-0.3, -0.25) is 9.59 Å². The number of benzene rings is 2. The maximum atomic E-state index is 13.0. The maximum Gasteiger partial charge on any atom is 0.225 e. The van der Waals surface area contributed by atoms with E-state index >= 15 is 0 Å². The molecule has 1 amide bonds. The highest BCUT2D eigenvalue weighted by Crippen LogP contribution is 2.24. The first-order chi connectivity index (χ1) is 13.6. The Morgan fingerprint density at radius 2 is 1.93 bits per heavy atom. The lowest BCUT2D eigenvalue weighted by Crippen LogP contribution is -2.43. The van der Waals surface area contributed by atoms with Crippen LogP contribution in [-0.4, -0.2) is 41.1 Å². The van der Waals surface area contributed by atoms with Gasteiger partial charge in [0.25, 0.3) is 0 Å². The largest absolute Gasteiger partial charge is 0.388 e. The summed E-state index contributed by atoms with van der Waals surface area (Å²) in [5.41, 5.74) is 1.69. The number of ether oxygens (including phenoxy) is 1. The van der Waals surface area contributed by atoms with Gasteiger partial charge in [-0.25, -0.2) is 4.39 Å². The Bertz CT molecular complexity index is 781. The molecule has 3 rings (SSSR count). The first kappa shape index (κ1) is 20.2. The highest BCUT2D eigenvalue weighted by atomic mass is 19.1. The molecule has 0 saturated carbocycles. The van der Waals surface area contributed by atoms with Crippen molar-refractivity contribution in [3.05, 3.63) is 71.5 Å². The molecule has 6 heteroatoms. The van der Waals surface area contributed by atoms with Crippen LogP contribution in [-0.2, 0) is 20.7 Å². The smallest absolute Gasteiger partial charge is 0.225 e. The zero-order valence-corrected chi connectivity index (χ0v) is 15.5. The highest BCUT2D eigenvalue weighted by molar-refractivity contribution is 5.80. The van der Waals surface area contributed by atoms with Crippen LogP contribution in [0.3, 0.4) is 0 Å². The summed E-state index contributed by atoms with van der Waals surface area (Å²) in [6.45, 7) is 0.322. The molecule has 0 radical (unpaired) electrons. The first-order valence-corrected chi connectivity index (χ1v) is 9.44. The summed E-state index contributed by atoms with van der Waals surface area (Å²) in [5, 5.41) is 10.2. The monoisotopic (exact) mass is 385 g/mol. The molecule has 148 valence electrons. The van der Waals surface area contributed by atoms with E-state index in [2.05, 4.69) is 0 Å². The van der Waals surface area contributed by atoms with Gasteiger partial charge in [0.15, 0.2) is 12.5 Å². The Morgan fingerprint density at radius 1 is 1.21 bits per heavy atom. The van der Waals surface area contributed by atoms with E-state index in [4.69, 9.17) is 4.74 Å². The molecule has 0 aromatic heterocycles. The Hall–Kier alpha value is -2.57. The van der Waals surface area contributed by atoms with Gasteiger partial charge in [0.05, 0.1) is 18.8 Å². The van der Waals surface area contributed by atoms with E-state index in [0.717, 1.165) is 5.56 Å². The van der Waals surface area contributed by atoms with Crippen LogP contribution < -0.4 is 0 Å². The number of nitrogens with zero attached hydrogens (tertiary/aromatic N) is 1. The maximum absolute atomic E-state index is 13.0. The molecule has 2 aromatic rings. The lowest BCUT2D eigenvalue weighted by molar-refractivity contribution is -0.142. The van der Waals surface area contributed by atoms with Gasteiger partial charge in [-0.05, 0) is 42.5 Å². The standard InChI is InChI=1S/C22H24FNO4/c23-18-11-9-17(10-12-18)20(26)7-4-8-21(27)24-19(15-28-22(24)14-25)13-16-5-2-1-3-6-16/h1-3,5-6,9-12,14,19-20,22,26H,4,7-8,13,15H2/t19-,20-,22?/m0/s1. The Labute approximate surface area is 163 Å². The molecule has 1 saturated heterocycles. The predicted molar refractivity (Wildman–Crippen MR) is 102 cm³/mol. The number of halogens is 1. The van der Waals surface area contributed by atoms with Gasteiger partial charge in [-0.15, -0.1) is 0 Å². The molecule has 0 bridgehead atoms. The van der Waals surface area contributed by atoms with E-state index in [1.54, 1.807) is 0 Å². The van der Waals surface area contributed by atoms with Crippen LogP contribution in [0.1, 0.15) is 36.5 Å². The molecule has 2 aromatic carbocycles. The minimum absolute atomic E-state index is 0.165. The average molecular weight is 385 g/mol. The molecule has 0 spiro atoms. The van der Waals surface area contributed by atoms with Crippen molar-refractivity contribution in [2.75, 3.05) is 6.61 Å². The summed E-state index contributed by atoms with van der Waals surface area (Å²) < 4.78 is 18.5. The Balaban J connectivity index is 1.55. The van der Waals surface area contributed by atoms with Gasteiger partial charge in [0.1, 0.15) is 5.82 Å². The van der Waals surface area contributed by atoms with Gasteiger partial charge >= 0.3 is 0 Å². The minimum atomic E-state index is -0.858. The van der Waals surface area contributed by atoms with Crippen molar-refractivity contribution < 1.29 is 23.8 Å². The first-order valence-electron chi connectivity index (χ1n) is 9.44. The number of rotatable bonds is 8. The zero-order chi connectivity index (χ0) is 19.9. The van der Waals surface area contributed by atoms with Gasteiger partial charge in [-0.2, -0.15) is 0 Å². The molecule has 28 heavy (non-hydrogen) atoms. The van der Waals surface area contributed by atoms with Crippen LogP contribution in [0.5, 0.6) is 0 Å². The summed E-state index contributed by atoms with van der Waals surface area (Å²) in [6.07, 6.45) is 0.690. The summed E-state index contributed by atoms with van der Waals surface area (Å²) >= 11 is 0. The van der Waals surface area contributed by atoms with Crippen molar-refractivity contribution >= 4 is 12.2 Å². The molecule has 0 aliphatic carbocycles. The van der Waals surface area contributed by atoms with Crippen molar-refractivity contribution in [2.45, 2.75) is 44.1 Å². The molecule has 1 heterocycles. The second-order valence-corrected chi connectivity index (χ2v) is 6.96. The van der Waals surface area contributed by atoms with Crippen LogP contribution in [0.4, 0.5) is 4.39 Å². The van der Waals surface area contributed by atoms with Crippen molar-refractivity contribution in [2.24, 2.45) is 0 Å². The summed E-state index contributed by atoms with van der Waals surface area (Å²) in [5.74, 6) is -0.522. The summed E-state index contributed by atoms with van der Waals surface area (Å²) in [4.78, 5) is 25.6. The number of aliphatic hydroxyl groups excluding tert-OH is 1. The van der Waals surface area contributed by atoms with Crippen molar-refractivity contribution in [1.82, 2.24) is 4.90 Å². The molecule has 5 nitrogen and oxygen atoms in total. The second kappa shape index (κ2) is 9.57. The molecular formula is C22H24FNO4. The van der Waals surface area contributed by atoms with E-state index in [9.17, 15) is 19.1 Å². The number of carbonyl (C=O) groups is 2. The van der Waals surface area contributed by atoms with E-state index < -0.39 is 12.3 Å². The van der Waals surface area contributed by atoms with E-state index in [0.29, 0.717) is 37.7 Å². The lowest BCUT2D eigenvalue weighted by Gasteiger charge is -2.26. The van der Waals surface area contributed by atoms with Gasteiger partial charge < -0.3 is 14.7 Å². The fourth-order valence-electron chi connectivity index (χ4n) is 3.50. The number of amides is 1. The SMILES string of the molecule is O=CC1OC[C@H](Cc2ccccc2)N1C(=O)CCC[C@H](O)c1ccc(F)cc1. The zero-order valence-electron chi connectivity index (χ0n) is 15.5. The van der Waals surface area contributed by atoms with E-state index in [-0.39, 0.29) is 24.2 Å². The van der Waals surface area contributed by atoms with Crippen LogP contribution in [0.25, 0.3) is 0 Å². The number of carbonyl (C=O) groups excluding carboxylic acids is 2. The average Bonchev–Trinajstić information content (AvgIpc) is 3.11. The third kappa shape index (κ3) is 5.03. The third-order valence-corrected chi connectivity index (χ3v) is 4.97. The normalized spacial score (nSPS) is 20.1. The van der Waals surface area contributed by atoms with E-state index in [1.807, 2.05) is 30.3 Å². The Morgan fingerprint density at radius 3 is 2.61 bits per heavy atom. The third-order valence-electron chi connectivity index (χ3n) is 4.97. The highest BCUT2D eigenvalue weighted by Gasteiger charge is 2.37. The van der Waals surface area contributed by atoms with Gasteiger partial charge in [-0.1, -0.05) is 42.5 Å². The molecule has 1 aliphatic rings. The molecular weight excluding hydrogens is 361 g/mol. The number of hydrogen-bond donors (Lipinski definition) is 1. The van der Waals surface area contributed by atoms with E-state index in [1.165, 1.54) is 29.2 Å². The fourth-order valence-corrected chi connectivity index (χ4v) is 3.50. The lowest BCUT2D eigenvalue weighted by atomic mass is 10.0. The number of aldehydes is 1. The van der Waals surface area contributed by atoms with Crippen molar-refractivity contribution in [1.29, 1.82) is 0 Å². The minimum Gasteiger partial charge on any atom is -0.388 e. The van der Waals surface area contributed by atoms with Crippen molar-refractivity contribution in [3.63, 3.8) is 0 Å². The summed E-state index contributed by atoms with van der Waals surface area (Å²) in [7, 11) is 0. The van der Waals surface area contributed by atoms with Gasteiger partial charge in [0, 0.05) is 6.42 Å². The summed E-state index contributed by atoms with van der Waals surface area (Å²) in [6, 6.07) is 15.2. The quantitative estimate of drug-likeness (QED) is 0.710. The number of aliphatic hydroxyl groups is 1. The number of hydrogen-bond acceptors (Lipinski definition) is 4. The topological polar surface area (TPSA) is 66.8 Å². The second-order valence-electron chi connectivity index (χ2n) is 6.96.